The van der Waals surface area contributed by atoms with Crippen molar-refractivity contribution in [1.82, 2.24) is 4.90 Å². The number of ether oxygens (including phenoxy) is 1. The van der Waals surface area contributed by atoms with Crippen LogP contribution in [-0.2, 0) is 32.8 Å². The molecule has 0 aromatic heterocycles. The van der Waals surface area contributed by atoms with Gasteiger partial charge in [0.15, 0.2) is 0 Å². The first-order valence-corrected chi connectivity index (χ1v) is 12.3. The Balaban J connectivity index is 1.66. The zero-order valence-electron chi connectivity index (χ0n) is 19.2. The van der Waals surface area contributed by atoms with Crippen molar-refractivity contribution in [1.29, 1.82) is 0 Å². The number of amides is 1. The summed E-state index contributed by atoms with van der Waals surface area (Å²) in [6.45, 7) is 5.11. The van der Waals surface area contributed by atoms with Gasteiger partial charge in [-0.1, -0.05) is 56.3 Å². The van der Waals surface area contributed by atoms with E-state index in [-0.39, 0.29) is 35.6 Å². The number of benzene rings is 3. The van der Waals surface area contributed by atoms with Crippen LogP contribution in [-0.4, -0.2) is 32.4 Å². The van der Waals surface area contributed by atoms with Gasteiger partial charge >= 0.3 is 10.1 Å². The van der Waals surface area contributed by atoms with Crippen molar-refractivity contribution in [2.75, 3.05) is 13.2 Å². The molecular weight excluding hydrogens is 457 g/mol. The molecule has 0 radical (unpaired) electrons. The fourth-order valence-corrected chi connectivity index (χ4v) is 4.23. The van der Waals surface area contributed by atoms with E-state index in [4.69, 9.17) is 8.92 Å². The van der Waals surface area contributed by atoms with Crippen molar-refractivity contribution < 1.29 is 26.5 Å². The van der Waals surface area contributed by atoms with Gasteiger partial charge in [0.2, 0.25) is 5.91 Å². The lowest BCUT2D eigenvalue weighted by molar-refractivity contribution is -0.137. The second-order valence-corrected chi connectivity index (χ2v) is 9.83. The third-order valence-electron chi connectivity index (χ3n) is 4.86. The van der Waals surface area contributed by atoms with Gasteiger partial charge in [-0.3, -0.25) is 4.79 Å². The number of hydrogen-bond donors (Lipinski definition) is 0. The Morgan fingerprint density at radius 3 is 2.29 bits per heavy atom. The van der Waals surface area contributed by atoms with E-state index in [1.807, 2.05) is 44.2 Å². The fraction of sp³-hybridized carbons (Fsp3) is 0.269. The first-order chi connectivity index (χ1) is 16.2. The molecule has 0 atom stereocenters. The van der Waals surface area contributed by atoms with Crippen LogP contribution in [0.3, 0.4) is 0 Å². The quantitative estimate of drug-likeness (QED) is 0.365. The van der Waals surface area contributed by atoms with Crippen LogP contribution in [0.1, 0.15) is 25.0 Å². The summed E-state index contributed by atoms with van der Waals surface area (Å²) in [5, 5.41) is 0. The van der Waals surface area contributed by atoms with Crippen LogP contribution in [0.15, 0.2) is 83.8 Å². The minimum absolute atomic E-state index is 0.0588. The Hall–Kier alpha value is -3.23. The van der Waals surface area contributed by atoms with E-state index in [9.17, 15) is 17.6 Å². The van der Waals surface area contributed by atoms with Gasteiger partial charge in [0.1, 0.15) is 23.1 Å². The third-order valence-corrected chi connectivity index (χ3v) is 6.12. The SMILES string of the molecule is CC(C)CN(Cc1cccc(OS(=O)(=O)c2ccc(F)cc2)c1)C(=O)COCc1ccccc1. The highest BCUT2D eigenvalue weighted by Gasteiger charge is 2.19. The van der Waals surface area contributed by atoms with Crippen molar-refractivity contribution in [2.24, 2.45) is 5.92 Å². The number of carbonyl (C=O) groups is 1. The summed E-state index contributed by atoms with van der Waals surface area (Å²) in [5.41, 5.74) is 1.70. The van der Waals surface area contributed by atoms with Crippen molar-refractivity contribution in [3.05, 3.63) is 95.8 Å². The van der Waals surface area contributed by atoms with Gasteiger partial charge < -0.3 is 13.8 Å². The molecule has 0 unspecified atom stereocenters. The lowest BCUT2D eigenvalue weighted by Crippen LogP contribution is -2.36. The largest absolute Gasteiger partial charge is 0.379 e. The maximum atomic E-state index is 13.1. The Labute approximate surface area is 200 Å². The highest BCUT2D eigenvalue weighted by molar-refractivity contribution is 7.87. The Bertz CT molecular complexity index is 1180. The molecule has 0 bridgehead atoms. The van der Waals surface area contributed by atoms with Gasteiger partial charge in [-0.05, 0) is 53.4 Å². The van der Waals surface area contributed by atoms with Gasteiger partial charge in [-0.2, -0.15) is 8.42 Å². The van der Waals surface area contributed by atoms with E-state index in [0.29, 0.717) is 18.7 Å². The molecular formula is C26H28FNO5S. The molecule has 0 saturated carbocycles. The molecule has 0 heterocycles. The molecule has 8 heteroatoms. The van der Waals surface area contributed by atoms with E-state index in [2.05, 4.69) is 0 Å². The molecule has 3 aromatic rings. The van der Waals surface area contributed by atoms with E-state index in [1.54, 1.807) is 23.1 Å². The summed E-state index contributed by atoms with van der Waals surface area (Å²) in [5.74, 6) is -0.353. The lowest BCUT2D eigenvalue weighted by Gasteiger charge is -2.25. The molecule has 0 spiro atoms. The molecule has 0 aliphatic heterocycles. The van der Waals surface area contributed by atoms with Crippen LogP contribution >= 0.6 is 0 Å². The summed E-state index contributed by atoms with van der Waals surface area (Å²) in [7, 11) is -4.12. The summed E-state index contributed by atoms with van der Waals surface area (Å²) in [6.07, 6.45) is 0. The second-order valence-electron chi connectivity index (χ2n) is 8.29. The topological polar surface area (TPSA) is 72.9 Å². The molecule has 0 fully saturated rings. The standard InChI is InChI=1S/C26H28FNO5S/c1-20(2)16-28(26(29)19-32-18-21-7-4-3-5-8-21)17-22-9-6-10-24(15-22)33-34(30,31)25-13-11-23(27)12-14-25/h3-15,20H,16-19H2,1-2H3. The monoisotopic (exact) mass is 485 g/mol. The predicted octanol–water partition coefficient (Wildman–Crippen LogP) is 4.79. The molecule has 0 N–H and O–H groups in total. The maximum absolute atomic E-state index is 13.1. The molecule has 3 aromatic carbocycles. The number of carbonyl (C=O) groups excluding carboxylic acids is 1. The van der Waals surface area contributed by atoms with Crippen molar-refractivity contribution in [3.63, 3.8) is 0 Å². The van der Waals surface area contributed by atoms with Crippen LogP contribution in [0.2, 0.25) is 0 Å². The highest BCUT2D eigenvalue weighted by atomic mass is 32.2. The summed E-state index contributed by atoms with van der Waals surface area (Å²) >= 11 is 0. The first-order valence-electron chi connectivity index (χ1n) is 10.9. The molecule has 0 saturated heterocycles. The minimum atomic E-state index is -4.12. The van der Waals surface area contributed by atoms with E-state index < -0.39 is 15.9 Å². The Morgan fingerprint density at radius 2 is 1.62 bits per heavy atom. The smallest absolute Gasteiger partial charge is 0.339 e. The van der Waals surface area contributed by atoms with E-state index in [0.717, 1.165) is 29.8 Å². The average Bonchev–Trinajstić information content (AvgIpc) is 2.79. The molecule has 1 amide bonds. The van der Waals surface area contributed by atoms with Gasteiger partial charge in [0.05, 0.1) is 6.61 Å². The van der Waals surface area contributed by atoms with Gasteiger partial charge in [-0.25, -0.2) is 4.39 Å². The molecule has 0 aliphatic carbocycles. The van der Waals surface area contributed by atoms with Crippen LogP contribution in [0.5, 0.6) is 5.75 Å². The van der Waals surface area contributed by atoms with Crippen molar-refractivity contribution in [3.8, 4) is 5.75 Å². The summed E-state index contributed by atoms with van der Waals surface area (Å²) in [4.78, 5) is 14.4. The Kier molecular flexibility index (Phi) is 8.79. The molecule has 34 heavy (non-hydrogen) atoms. The Morgan fingerprint density at radius 1 is 0.941 bits per heavy atom. The maximum Gasteiger partial charge on any atom is 0.339 e. The van der Waals surface area contributed by atoms with Crippen LogP contribution in [0, 0.1) is 11.7 Å². The molecule has 0 aliphatic rings. The van der Waals surface area contributed by atoms with Crippen LogP contribution in [0.25, 0.3) is 0 Å². The summed E-state index contributed by atoms with van der Waals surface area (Å²) < 4.78 is 49.0. The minimum Gasteiger partial charge on any atom is -0.379 e. The number of rotatable bonds is 11. The predicted molar refractivity (Wildman–Crippen MR) is 127 cm³/mol. The summed E-state index contributed by atoms with van der Waals surface area (Å²) in [6, 6.07) is 20.6. The second kappa shape index (κ2) is 11.8. The highest BCUT2D eigenvalue weighted by Crippen LogP contribution is 2.21. The third kappa shape index (κ3) is 7.67. The van der Waals surface area contributed by atoms with Gasteiger partial charge in [0.25, 0.3) is 0 Å². The van der Waals surface area contributed by atoms with Gasteiger partial charge in [-0.15, -0.1) is 0 Å². The normalized spacial score (nSPS) is 11.4. The average molecular weight is 486 g/mol. The van der Waals surface area contributed by atoms with E-state index >= 15 is 0 Å². The number of nitrogens with zero attached hydrogens (tertiary/aromatic N) is 1. The van der Waals surface area contributed by atoms with Crippen LogP contribution in [0.4, 0.5) is 4.39 Å². The van der Waals surface area contributed by atoms with E-state index in [1.165, 1.54) is 6.07 Å². The zero-order valence-corrected chi connectivity index (χ0v) is 20.0. The molecule has 180 valence electrons. The lowest BCUT2D eigenvalue weighted by atomic mass is 10.1. The fourth-order valence-electron chi connectivity index (χ4n) is 3.31. The number of hydrogen-bond acceptors (Lipinski definition) is 5. The zero-order chi connectivity index (χ0) is 24.6. The van der Waals surface area contributed by atoms with Gasteiger partial charge in [0, 0.05) is 13.1 Å². The number of halogens is 1. The molecule has 3 rings (SSSR count). The molecule has 6 nitrogen and oxygen atoms in total. The van der Waals surface area contributed by atoms with Crippen LogP contribution < -0.4 is 4.18 Å². The first kappa shape index (κ1) is 25.4. The van der Waals surface area contributed by atoms with Crippen molar-refractivity contribution >= 4 is 16.0 Å². The van der Waals surface area contributed by atoms with Crippen molar-refractivity contribution in [2.45, 2.75) is 31.9 Å².